The summed E-state index contributed by atoms with van der Waals surface area (Å²) in [6.07, 6.45) is 4.89. The number of hydrogen-bond acceptors (Lipinski definition) is 4. The van der Waals surface area contributed by atoms with Crippen LogP contribution in [0, 0.1) is 0 Å². The maximum atomic E-state index is 12.8. The van der Waals surface area contributed by atoms with Gasteiger partial charge >= 0.3 is 0 Å². The third-order valence-corrected chi connectivity index (χ3v) is 5.85. The van der Waals surface area contributed by atoms with E-state index in [0.29, 0.717) is 23.0 Å². The number of nitrogens with one attached hydrogen (secondary N) is 1. The number of aromatic nitrogens is 1. The van der Waals surface area contributed by atoms with Gasteiger partial charge in [0.1, 0.15) is 0 Å². The first-order valence-electron chi connectivity index (χ1n) is 10.5. The molecular weight excluding hydrogens is 398 g/mol. The molecular formula is C24H26ClN3O2. The second-order valence-electron chi connectivity index (χ2n) is 7.67. The molecule has 1 saturated heterocycles. The average molecular weight is 424 g/mol. The Balaban J connectivity index is 1.47. The summed E-state index contributed by atoms with van der Waals surface area (Å²) in [7, 11) is 0. The lowest BCUT2D eigenvalue weighted by Gasteiger charge is -2.31. The highest BCUT2D eigenvalue weighted by Gasteiger charge is 2.23. The van der Waals surface area contributed by atoms with Crippen LogP contribution in [0.15, 0.2) is 65.2 Å². The van der Waals surface area contributed by atoms with E-state index in [4.69, 9.17) is 16.1 Å². The zero-order valence-corrected chi connectivity index (χ0v) is 17.6. The molecule has 1 aliphatic heterocycles. The number of amides is 1. The molecule has 6 heteroatoms. The summed E-state index contributed by atoms with van der Waals surface area (Å²) in [5, 5.41) is 7.74. The van der Waals surface area contributed by atoms with Crippen LogP contribution in [0.2, 0.25) is 5.02 Å². The van der Waals surface area contributed by atoms with Crippen LogP contribution in [0.5, 0.6) is 0 Å². The van der Waals surface area contributed by atoms with E-state index in [0.717, 1.165) is 24.2 Å². The van der Waals surface area contributed by atoms with Gasteiger partial charge in [-0.3, -0.25) is 9.69 Å². The Morgan fingerprint density at radius 2 is 1.73 bits per heavy atom. The predicted molar refractivity (Wildman–Crippen MR) is 119 cm³/mol. The molecule has 1 fully saturated rings. The molecule has 2 heterocycles. The zero-order valence-electron chi connectivity index (χ0n) is 16.9. The number of nitrogens with zero attached hydrogens (tertiary/aromatic N) is 2. The van der Waals surface area contributed by atoms with Crippen molar-refractivity contribution in [3.05, 3.63) is 76.9 Å². The first-order chi connectivity index (χ1) is 14.7. The number of benzene rings is 2. The largest absolute Gasteiger partial charge is 0.355 e. The third kappa shape index (κ3) is 5.10. The van der Waals surface area contributed by atoms with Gasteiger partial charge in [0.05, 0.1) is 6.04 Å². The molecule has 1 N–H and O–H groups in total. The fourth-order valence-corrected chi connectivity index (χ4v) is 4.08. The summed E-state index contributed by atoms with van der Waals surface area (Å²) in [6.45, 7) is 2.57. The van der Waals surface area contributed by atoms with E-state index in [1.165, 1.54) is 25.7 Å². The van der Waals surface area contributed by atoms with E-state index >= 15 is 0 Å². The van der Waals surface area contributed by atoms with Gasteiger partial charge in [-0.25, -0.2) is 0 Å². The smallest absolute Gasteiger partial charge is 0.273 e. The minimum absolute atomic E-state index is 0.102. The van der Waals surface area contributed by atoms with Crippen LogP contribution < -0.4 is 5.32 Å². The van der Waals surface area contributed by atoms with E-state index in [-0.39, 0.29) is 11.9 Å². The van der Waals surface area contributed by atoms with Gasteiger partial charge in [-0.2, -0.15) is 0 Å². The Morgan fingerprint density at radius 3 is 2.43 bits per heavy atom. The molecule has 0 unspecified atom stereocenters. The third-order valence-electron chi connectivity index (χ3n) is 5.59. The lowest BCUT2D eigenvalue weighted by Crippen LogP contribution is -2.38. The van der Waals surface area contributed by atoms with E-state index in [9.17, 15) is 4.79 Å². The Bertz CT molecular complexity index is 948. The molecule has 0 saturated carbocycles. The van der Waals surface area contributed by atoms with Crippen LogP contribution in [-0.2, 0) is 0 Å². The Hall–Kier alpha value is -2.63. The van der Waals surface area contributed by atoms with Gasteiger partial charge in [0, 0.05) is 23.2 Å². The molecule has 156 valence electrons. The molecule has 1 atom stereocenters. The second kappa shape index (κ2) is 9.92. The highest BCUT2D eigenvalue weighted by Crippen LogP contribution is 2.25. The number of rotatable bonds is 6. The molecule has 1 amide bonds. The molecule has 2 aromatic carbocycles. The van der Waals surface area contributed by atoms with Crippen molar-refractivity contribution in [2.45, 2.75) is 31.7 Å². The van der Waals surface area contributed by atoms with Crippen LogP contribution in [0.25, 0.3) is 11.3 Å². The molecule has 1 aliphatic rings. The highest BCUT2D eigenvalue weighted by molar-refractivity contribution is 6.30. The minimum atomic E-state index is -0.227. The number of halogens is 1. The molecule has 5 nitrogen and oxygen atoms in total. The van der Waals surface area contributed by atoms with Crippen LogP contribution in [0.3, 0.4) is 0 Å². The van der Waals surface area contributed by atoms with Crippen LogP contribution in [0.4, 0.5) is 0 Å². The summed E-state index contributed by atoms with van der Waals surface area (Å²) >= 11 is 6.09. The lowest BCUT2D eigenvalue weighted by molar-refractivity contribution is 0.0924. The second-order valence-corrected chi connectivity index (χ2v) is 8.11. The van der Waals surface area contributed by atoms with Crippen molar-refractivity contribution in [1.29, 1.82) is 0 Å². The predicted octanol–water partition coefficient (Wildman–Crippen LogP) is 5.34. The van der Waals surface area contributed by atoms with Crippen molar-refractivity contribution in [3.63, 3.8) is 0 Å². The van der Waals surface area contributed by atoms with Gasteiger partial charge in [0.15, 0.2) is 11.5 Å². The van der Waals surface area contributed by atoms with Crippen molar-refractivity contribution in [3.8, 4) is 11.3 Å². The summed E-state index contributed by atoms with van der Waals surface area (Å²) in [4.78, 5) is 15.2. The number of carbonyl (C=O) groups is 1. The standard InChI is InChI=1S/C24H26ClN3O2/c25-20-12-10-18(11-13-20)22(28-14-6-1-2-7-15-28)17-26-24(29)21-16-23(30-27-21)19-8-4-3-5-9-19/h3-5,8-13,16,22H,1-2,6-7,14-15,17H2,(H,26,29)/t22-/m0/s1. The van der Waals surface area contributed by atoms with E-state index in [2.05, 4.69) is 15.4 Å². The molecule has 0 aliphatic carbocycles. The quantitative estimate of drug-likeness (QED) is 0.581. The number of hydrogen-bond donors (Lipinski definition) is 1. The van der Waals surface area contributed by atoms with E-state index in [1.807, 2.05) is 54.6 Å². The van der Waals surface area contributed by atoms with E-state index in [1.54, 1.807) is 6.07 Å². The highest BCUT2D eigenvalue weighted by atomic mass is 35.5. The maximum absolute atomic E-state index is 12.8. The molecule has 0 bridgehead atoms. The van der Waals surface area contributed by atoms with Crippen molar-refractivity contribution in [1.82, 2.24) is 15.4 Å². The fraction of sp³-hybridized carbons (Fsp3) is 0.333. The van der Waals surface area contributed by atoms with Gasteiger partial charge < -0.3 is 9.84 Å². The minimum Gasteiger partial charge on any atom is -0.355 e. The number of carbonyl (C=O) groups excluding carboxylic acids is 1. The fourth-order valence-electron chi connectivity index (χ4n) is 3.95. The Labute approximate surface area is 182 Å². The lowest BCUT2D eigenvalue weighted by atomic mass is 10.0. The summed E-state index contributed by atoms with van der Waals surface area (Å²) in [5.74, 6) is 0.359. The average Bonchev–Trinajstić information content (AvgIpc) is 3.13. The molecule has 1 aromatic heterocycles. The van der Waals surface area contributed by atoms with Crippen LogP contribution in [0.1, 0.15) is 47.8 Å². The summed E-state index contributed by atoms with van der Waals surface area (Å²) < 4.78 is 5.37. The normalized spacial score (nSPS) is 16.0. The topological polar surface area (TPSA) is 58.4 Å². The molecule has 30 heavy (non-hydrogen) atoms. The van der Waals surface area contributed by atoms with Gasteiger partial charge in [0.2, 0.25) is 0 Å². The van der Waals surface area contributed by atoms with Crippen LogP contribution in [-0.4, -0.2) is 35.6 Å². The van der Waals surface area contributed by atoms with Crippen LogP contribution >= 0.6 is 11.6 Å². The maximum Gasteiger partial charge on any atom is 0.273 e. The van der Waals surface area contributed by atoms with Gasteiger partial charge in [0.25, 0.3) is 5.91 Å². The van der Waals surface area contributed by atoms with Crippen molar-refractivity contribution in [2.24, 2.45) is 0 Å². The van der Waals surface area contributed by atoms with Crippen molar-refractivity contribution < 1.29 is 9.32 Å². The zero-order chi connectivity index (χ0) is 20.8. The van der Waals surface area contributed by atoms with Crippen molar-refractivity contribution in [2.75, 3.05) is 19.6 Å². The SMILES string of the molecule is O=C(NC[C@@H](c1ccc(Cl)cc1)N1CCCCCC1)c1cc(-c2ccccc2)on1. The Kier molecular flexibility index (Phi) is 6.82. The van der Waals surface area contributed by atoms with Crippen molar-refractivity contribution >= 4 is 17.5 Å². The monoisotopic (exact) mass is 423 g/mol. The first-order valence-corrected chi connectivity index (χ1v) is 10.9. The molecule has 0 radical (unpaired) electrons. The van der Waals surface area contributed by atoms with Gasteiger partial charge in [-0.05, 0) is 43.6 Å². The van der Waals surface area contributed by atoms with Gasteiger partial charge in [-0.1, -0.05) is 72.1 Å². The molecule has 3 aromatic rings. The van der Waals surface area contributed by atoms with E-state index < -0.39 is 0 Å². The summed E-state index contributed by atoms with van der Waals surface area (Å²) in [6, 6.07) is 19.4. The Morgan fingerprint density at radius 1 is 1.03 bits per heavy atom. The summed E-state index contributed by atoms with van der Waals surface area (Å²) in [5.41, 5.74) is 2.35. The van der Waals surface area contributed by atoms with Gasteiger partial charge in [-0.15, -0.1) is 0 Å². The first kappa shape index (κ1) is 20.6. The molecule has 4 rings (SSSR count). The number of likely N-dealkylation sites (tertiary alicyclic amines) is 1. The molecule has 0 spiro atoms.